The van der Waals surface area contributed by atoms with Gasteiger partial charge in [0.15, 0.2) is 0 Å². The number of hydrogen-bond donors (Lipinski definition) is 2. The predicted molar refractivity (Wildman–Crippen MR) is 79.0 cm³/mol. The van der Waals surface area contributed by atoms with Gasteiger partial charge >= 0.3 is 0 Å². The van der Waals surface area contributed by atoms with E-state index in [9.17, 15) is 4.79 Å². The lowest BCUT2D eigenvalue weighted by atomic mass is 10.1. The third-order valence-electron chi connectivity index (χ3n) is 4.05. The molecule has 1 saturated heterocycles. The summed E-state index contributed by atoms with van der Waals surface area (Å²) in [4.78, 5) is 12.2. The number of nitrogens with one attached hydrogen (secondary N) is 2. The SMILES string of the molecule is O=C(N[C@H]1CCCNC1)C1CC1c1cccc(Br)c1. The quantitative estimate of drug-likeness (QED) is 0.897. The van der Waals surface area contributed by atoms with Gasteiger partial charge in [-0.1, -0.05) is 28.1 Å². The highest BCUT2D eigenvalue weighted by Crippen LogP contribution is 2.48. The Morgan fingerprint density at radius 3 is 3.05 bits per heavy atom. The van der Waals surface area contributed by atoms with E-state index in [4.69, 9.17) is 0 Å². The molecule has 3 nitrogen and oxygen atoms in total. The van der Waals surface area contributed by atoms with Crippen molar-refractivity contribution in [1.29, 1.82) is 0 Å². The van der Waals surface area contributed by atoms with Crippen LogP contribution in [0.4, 0.5) is 0 Å². The Hall–Kier alpha value is -0.870. The largest absolute Gasteiger partial charge is 0.352 e. The van der Waals surface area contributed by atoms with Crippen molar-refractivity contribution in [1.82, 2.24) is 10.6 Å². The zero-order valence-electron chi connectivity index (χ0n) is 10.9. The van der Waals surface area contributed by atoms with Gasteiger partial charge in [0.2, 0.25) is 5.91 Å². The zero-order chi connectivity index (χ0) is 13.2. The topological polar surface area (TPSA) is 41.1 Å². The Bertz CT molecular complexity index is 471. The van der Waals surface area contributed by atoms with Crippen molar-refractivity contribution in [3.05, 3.63) is 34.3 Å². The van der Waals surface area contributed by atoms with Crippen LogP contribution in [0.25, 0.3) is 0 Å². The molecule has 2 aliphatic rings. The number of halogens is 1. The molecule has 4 heteroatoms. The highest BCUT2D eigenvalue weighted by atomic mass is 79.9. The summed E-state index contributed by atoms with van der Waals surface area (Å²) < 4.78 is 1.09. The minimum absolute atomic E-state index is 0.177. The Morgan fingerprint density at radius 1 is 1.42 bits per heavy atom. The monoisotopic (exact) mass is 322 g/mol. The molecule has 3 atom stereocenters. The Balaban J connectivity index is 1.55. The van der Waals surface area contributed by atoms with Crippen molar-refractivity contribution in [2.45, 2.75) is 31.2 Å². The molecule has 19 heavy (non-hydrogen) atoms. The number of carbonyl (C=O) groups excluding carboxylic acids is 1. The van der Waals surface area contributed by atoms with Crippen LogP contribution < -0.4 is 10.6 Å². The van der Waals surface area contributed by atoms with E-state index in [-0.39, 0.29) is 11.8 Å². The zero-order valence-corrected chi connectivity index (χ0v) is 12.4. The summed E-state index contributed by atoms with van der Waals surface area (Å²) in [7, 11) is 0. The lowest BCUT2D eigenvalue weighted by Gasteiger charge is -2.23. The molecule has 0 bridgehead atoms. The van der Waals surface area contributed by atoms with Crippen LogP contribution in [-0.4, -0.2) is 25.0 Å². The number of rotatable bonds is 3. The average molecular weight is 323 g/mol. The van der Waals surface area contributed by atoms with Crippen molar-refractivity contribution in [2.24, 2.45) is 5.92 Å². The first kappa shape index (κ1) is 13.1. The standard InChI is InChI=1S/C15H19BrN2O/c16-11-4-1-3-10(7-11)13-8-14(13)15(19)18-12-5-2-6-17-9-12/h1,3-4,7,12-14,17H,2,5-6,8-9H2,(H,18,19)/t12-,13?,14?/m0/s1. The molecule has 1 aromatic carbocycles. The molecule has 3 rings (SSSR count). The first-order valence-corrected chi connectivity index (χ1v) is 7.80. The molecular formula is C15H19BrN2O. The van der Waals surface area contributed by atoms with E-state index >= 15 is 0 Å². The minimum atomic E-state index is 0.177. The van der Waals surface area contributed by atoms with Gasteiger partial charge in [-0.15, -0.1) is 0 Å². The molecule has 1 heterocycles. The van der Waals surface area contributed by atoms with Gasteiger partial charge in [0.05, 0.1) is 0 Å². The smallest absolute Gasteiger partial charge is 0.224 e. The molecule has 1 amide bonds. The van der Waals surface area contributed by atoms with Crippen molar-refractivity contribution in [2.75, 3.05) is 13.1 Å². The molecule has 1 saturated carbocycles. The van der Waals surface area contributed by atoms with Gasteiger partial charge in [-0.2, -0.15) is 0 Å². The second-order valence-electron chi connectivity index (χ2n) is 5.56. The molecular weight excluding hydrogens is 304 g/mol. The van der Waals surface area contributed by atoms with Crippen molar-refractivity contribution in [3.8, 4) is 0 Å². The highest BCUT2D eigenvalue weighted by molar-refractivity contribution is 9.10. The lowest BCUT2D eigenvalue weighted by molar-refractivity contribution is -0.123. The van der Waals surface area contributed by atoms with E-state index in [1.165, 1.54) is 5.56 Å². The maximum Gasteiger partial charge on any atom is 0.224 e. The van der Waals surface area contributed by atoms with Crippen LogP contribution in [0.15, 0.2) is 28.7 Å². The summed E-state index contributed by atoms with van der Waals surface area (Å²) in [6, 6.07) is 8.63. The number of benzene rings is 1. The summed E-state index contributed by atoms with van der Waals surface area (Å²) in [5.41, 5.74) is 1.27. The Morgan fingerprint density at radius 2 is 2.32 bits per heavy atom. The van der Waals surface area contributed by atoms with E-state index in [0.717, 1.165) is 36.8 Å². The van der Waals surface area contributed by atoms with Crippen LogP contribution in [0.3, 0.4) is 0 Å². The molecule has 2 N–H and O–H groups in total. The normalized spacial score (nSPS) is 29.8. The van der Waals surface area contributed by atoms with Crippen LogP contribution in [-0.2, 0) is 4.79 Å². The van der Waals surface area contributed by atoms with Crippen LogP contribution in [0.5, 0.6) is 0 Å². The number of piperidine rings is 1. The molecule has 1 aromatic rings. The van der Waals surface area contributed by atoms with E-state index in [1.807, 2.05) is 12.1 Å². The molecule has 0 aromatic heterocycles. The van der Waals surface area contributed by atoms with Crippen LogP contribution in [0.1, 0.15) is 30.7 Å². The Labute approximate surface area is 122 Å². The third kappa shape index (κ3) is 3.18. The minimum Gasteiger partial charge on any atom is -0.352 e. The predicted octanol–water partition coefficient (Wildman–Crippen LogP) is 2.42. The summed E-state index contributed by atoms with van der Waals surface area (Å²) in [6.45, 7) is 2.00. The fraction of sp³-hybridized carbons (Fsp3) is 0.533. The summed E-state index contributed by atoms with van der Waals surface area (Å²) >= 11 is 3.49. The summed E-state index contributed by atoms with van der Waals surface area (Å²) in [6.07, 6.45) is 3.25. The van der Waals surface area contributed by atoms with E-state index in [2.05, 4.69) is 38.7 Å². The van der Waals surface area contributed by atoms with E-state index < -0.39 is 0 Å². The van der Waals surface area contributed by atoms with Gasteiger partial charge in [0, 0.05) is 23.0 Å². The Kier molecular flexibility index (Phi) is 3.89. The fourth-order valence-electron chi connectivity index (χ4n) is 2.87. The molecule has 2 unspecified atom stereocenters. The van der Waals surface area contributed by atoms with Crippen LogP contribution in [0, 0.1) is 5.92 Å². The van der Waals surface area contributed by atoms with Crippen LogP contribution in [0.2, 0.25) is 0 Å². The van der Waals surface area contributed by atoms with Gasteiger partial charge in [0.25, 0.3) is 0 Å². The summed E-state index contributed by atoms with van der Waals surface area (Å²) in [5, 5.41) is 6.51. The first-order valence-electron chi connectivity index (χ1n) is 7.00. The number of amides is 1. The molecule has 1 aliphatic heterocycles. The van der Waals surface area contributed by atoms with E-state index in [0.29, 0.717) is 12.0 Å². The molecule has 102 valence electrons. The summed E-state index contributed by atoms with van der Waals surface area (Å²) in [5.74, 6) is 0.823. The van der Waals surface area contributed by atoms with Crippen molar-refractivity contribution in [3.63, 3.8) is 0 Å². The average Bonchev–Trinajstić information content (AvgIpc) is 3.20. The maximum atomic E-state index is 12.2. The van der Waals surface area contributed by atoms with Crippen molar-refractivity contribution < 1.29 is 4.79 Å². The fourth-order valence-corrected chi connectivity index (χ4v) is 3.29. The molecule has 0 radical (unpaired) electrons. The highest BCUT2D eigenvalue weighted by Gasteiger charge is 2.44. The second-order valence-corrected chi connectivity index (χ2v) is 6.47. The first-order chi connectivity index (χ1) is 9.24. The number of hydrogen-bond acceptors (Lipinski definition) is 2. The van der Waals surface area contributed by atoms with Gasteiger partial charge in [-0.05, 0) is 49.4 Å². The lowest BCUT2D eigenvalue weighted by Crippen LogP contribution is -2.46. The van der Waals surface area contributed by atoms with Gasteiger partial charge in [0.1, 0.15) is 0 Å². The molecule has 1 aliphatic carbocycles. The van der Waals surface area contributed by atoms with Gasteiger partial charge < -0.3 is 10.6 Å². The third-order valence-corrected chi connectivity index (χ3v) is 4.54. The molecule has 2 fully saturated rings. The second kappa shape index (κ2) is 5.63. The van der Waals surface area contributed by atoms with Crippen LogP contribution >= 0.6 is 15.9 Å². The molecule has 0 spiro atoms. The van der Waals surface area contributed by atoms with Crippen molar-refractivity contribution >= 4 is 21.8 Å². The van der Waals surface area contributed by atoms with Gasteiger partial charge in [-0.25, -0.2) is 0 Å². The maximum absolute atomic E-state index is 12.2. The van der Waals surface area contributed by atoms with Gasteiger partial charge in [-0.3, -0.25) is 4.79 Å². The number of carbonyl (C=O) groups is 1. The van der Waals surface area contributed by atoms with E-state index in [1.54, 1.807) is 0 Å².